The van der Waals surface area contributed by atoms with E-state index in [1.54, 1.807) is 24.3 Å². The number of benzene rings is 1. The van der Waals surface area contributed by atoms with Crippen LogP contribution < -0.4 is 0 Å². The second kappa shape index (κ2) is 11.7. The van der Waals surface area contributed by atoms with Gasteiger partial charge >= 0.3 is 0 Å². The summed E-state index contributed by atoms with van der Waals surface area (Å²) in [4.78, 5) is 0.381. The van der Waals surface area contributed by atoms with E-state index >= 15 is 0 Å². The molecule has 4 nitrogen and oxygen atoms in total. The van der Waals surface area contributed by atoms with Gasteiger partial charge in [-0.25, -0.2) is 8.42 Å². The standard InChI is InChI=1S/C29H42O4S.C2H6/c1-29-17-15-26-25-13-10-22(31)19-20(25)7-12-27(26)28(29)14-9-21(29)8-11-24(16-18-30)34(32,33)23-5-3-2-4-6-23;1-2/h2-7,21-22,24-28,30-31H,8-19H2,1H3;1-2H3. The average molecular weight is 517 g/mol. The molecule has 5 heteroatoms. The van der Waals surface area contributed by atoms with E-state index in [1.807, 2.05) is 19.9 Å². The van der Waals surface area contributed by atoms with E-state index in [-0.39, 0.29) is 12.7 Å². The lowest BCUT2D eigenvalue weighted by molar-refractivity contribution is -0.0200. The molecule has 0 bridgehead atoms. The summed E-state index contributed by atoms with van der Waals surface area (Å²) in [6.45, 7) is 6.41. The third-order valence-corrected chi connectivity index (χ3v) is 12.7. The predicted octanol–water partition coefficient (Wildman–Crippen LogP) is 6.57. The number of hydrogen-bond donors (Lipinski definition) is 2. The SMILES string of the molecule is CC.CC12CCC3C4CCC(O)CC4=CCC3C1CCC2CCC(CCO)S(=O)(=O)c1ccccc1. The van der Waals surface area contributed by atoms with Gasteiger partial charge in [-0.3, -0.25) is 0 Å². The maximum absolute atomic E-state index is 13.3. The van der Waals surface area contributed by atoms with Crippen LogP contribution in [0.2, 0.25) is 0 Å². The van der Waals surface area contributed by atoms with Gasteiger partial charge in [0.05, 0.1) is 16.2 Å². The van der Waals surface area contributed by atoms with E-state index in [2.05, 4.69) is 13.0 Å². The Morgan fingerprint density at radius 3 is 2.47 bits per heavy atom. The Bertz CT molecular complexity index is 987. The smallest absolute Gasteiger partial charge is 0.181 e. The van der Waals surface area contributed by atoms with E-state index in [1.165, 1.54) is 37.7 Å². The maximum Gasteiger partial charge on any atom is 0.181 e. The number of hydrogen-bond acceptors (Lipinski definition) is 4. The highest BCUT2D eigenvalue weighted by Crippen LogP contribution is 2.64. The molecule has 8 atom stereocenters. The summed E-state index contributed by atoms with van der Waals surface area (Å²) in [5, 5.41) is 19.3. The summed E-state index contributed by atoms with van der Waals surface area (Å²) in [5.41, 5.74) is 1.84. The summed E-state index contributed by atoms with van der Waals surface area (Å²) < 4.78 is 26.6. The Labute approximate surface area is 219 Å². The largest absolute Gasteiger partial charge is 0.396 e. The zero-order valence-electron chi connectivity index (χ0n) is 22.6. The van der Waals surface area contributed by atoms with Crippen molar-refractivity contribution in [2.75, 3.05) is 6.61 Å². The number of allylic oxidation sites excluding steroid dienone is 1. The number of aliphatic hydroxyl groups excluding tert-OH is 2. The molecule has 2 N–H and O–H groups in total. The molecule has 3 fully saturated rings. The molecule has 0 heterocycles. The van der Waals surface area contributed by atoms with E-state index < -0.39 is 15.1 Å². The maximum atomic E-state index is 13.3. The Hall–Kier alpha value is -1.17. The Morgan fingerprint density at radius 2 is 1.75 bits per heavy atom. The highest BCUT2D eigenvalue weighted by molar-refractivity contribution is 7.92. The van der Waals surface area contributed by atoms with Crippen LogP contribution in [0, 0.1) is 35.0 Å². The number of fused-ring (bicyclic) bond motifs is 5. The fraction of sp³-hybridized carbons (Fsp3) is 0.742. The topological polar surface area (TPSA) is 74.6 Å². The van der Waals surface area contributed by atoms with Crippen LogP contribution >= 0.6 is 0 Å². The van der Waals surface area contributed by atoms with Crippen molar-refractivity contribution in [2.45, 2.75) is 108 Å². The van der Waals surface area contributed by atoms with Crippen LogP contribution in [0.15, 0.2) is 46.9 Å². The van der Waals surface area contributed by atoms with Crippen molar-refractivity contribution >= 4 is 9.84 Å². The average Bonchev–Trinajstić information content (AvgIpc) is 3.24. The summed E-state index contributed by atoms with van der Waals surface area (Å²) >= 11 is 0. The molecule has 4 aliphatic carbocycles. The van der Waals surface area contributed by atoms with Crippen LogP contribution in [-0.2, 0) is 9.84 Å². The van der Waals surface area contributed by atoms with Gasteiger partial charge < -0.3 is 10.2 Å². The third-order valence-electron chi connectivity index (χ3n) is 10.4. The van der Waals surface area contributed by atoms with Crippen molar-refractivity contribution in [2.24, 2.45) is 35.0 Å². The van der Waals surface area contributed by atoms with E-state index in [0.29, 0.717) is 35.0 Å². The van der Waals surface area contributed by atoms with Gasteiger partial charge in [0.2, 0.25) is 0 Å². The molecule has 0 aliphatic heterocycles. The highest BCUT2D eigenvalue weighted by Gasteiger charge is 2.55. The van der Waals surface area contributed by atoms with Gasteiger partial charge in [-0.2, -0.15) is 0 Å². The molecule has 8 unspecified atom stereocenters. The first-order valence-corrected chi connectivity index (χ1v) is 16.2. The third kappa shape index (κ3) is 5.22. The molecule has 3 saturated carbocycles. The summed E-state index contributed by atoms with van der Waals surface area (Å²) in [5.74, 6) is 3.54. The molecule has 0 radical (unpaired) electrons. The number of rotatable bonds is 7. The molecule has 1 aromatic rings. The molecule has 36 heavy (non-hydrogen) atoms. The Morgan fingerprint density at radius 1 is 1.00 bits per heavy atom. The molecule has 4 aliphatic rings. The molecule has 0 amide bonds. The van der Waals surface area contributed by atoms with Crippen LogP contribution in [0.3, 0.4) is 0 Å². The van der Waals surface area contributed by atoms with Crippen LogP contribution in [0.25, 0.3) is 0 Å². The van der Waals surface area contributed by atoms with Gasteiger partial charge in [0.1, 0.15) is 0 Å². The van der Waals surface area contributed by atoms with Gasteiger partial charge in [0.25, 0.3) is 0 Å². The van der Waals surface area contributed by atoms with E-state index in [0.717, 1.165) is 43.4 Å². The Kier molecular flexibility index (Phi) is 9.05. The molecule has 0 spiro atoms. The number of sulfone groups is 1. The quantitative estimate of drug-likeness (QED) is 0.402. The van der Waals surface area contributed by atoms with Crippen molar-refractivity contribution in [3.8, 4) is 0 Å². The molecule has 0 saturated heterocycles. The monoisotopic (exact) mass is 516 g/mol. The second-order valence-corrected chi connectivity index (χ2v) is 14.1. The molecule has 202 valence electrons. The molecular formula is C31H48O4S. The lowest BCUT2D eigenvalue weighted by Gasteiger charge is -2.54. The lowest BCUT2D eigenvalue weighted by atomic mass is 9.51. The minimum Gasteiger partial charge on any atom is -0.396 e. The second-order valence-electron chi connectivity index (χ2n) is 11.9. The van der Waals surface area contributed by atoms with Crippen LogP contribution in [0.4, 0.5) is 0 Å². The van der Waals surface area contributed by atoms with Crippen molar-refractivity contribution < 1.29 is 18.6 Å². The summed E-state index contributed by atoms with van der Waals surface area (Å²) in [6.07, 6.45) is 13.4. The minimum absolute atomic E-state index is 0.0875. The van der Waals surface area contributed by atoms with Crippen LogP contribution in [-0.4, -0.2) is 36.6 Å². The van der Waals surface area contributed by atoms with Crippen molar-refractivity contribution in [1.29, 1.82) is 0 Å². The zero-order chi connectivity index (χ0) is 25.9. The molecule has 5 rings (SSSR count). The molecule has 1 aromatic carbocycles. The van der Waals surface area contributed by atoms with Gasteiger partial charge in [-0.1, -0.05) is 50.6 Å². The van der Waals surface area contributed by atoms with Crippen LogP contribution in [0.5, 0.6) is 0 Å². The molecular weight excluding hydrogens is 468 g/mol. The van der Waals surface area contributed by atoms with E-state index in [4.69, 9.17) is 0 Å². The number of aliphatic hydroxyl groups is 2. The van der Waals surface area contributed by atoms with Crippen molar-refractivity contribution in [1.82, 2.24) is 0 Å². The zero-order valence-corrected chi connectivity index (χ0v) is 23.4. The fourth-order valence-corrected chi connectivity index (χ4v) is 10.4. The molecule has 0 aromatic heterocycles. The van der Waals surface area contributed by atoms with Gasteiger partial charge in [-0.15, -0.1) is 0 Å². The summed E-state index contributed by atoms with van der Waals surface area (Å²) in [7, 11) is -3.43. The first kappa shape index (κ1) is 27.9. The fourth-order valence-electron chi connectivity index (χ4n) is 8.62. The van der Waals surface area contributed by atoms with Crippen LogP contribution in [0.1, 0.15) is 91.4 Å². The first-order chi connectivity index (χ1) is 17.3. The minimum atomic E-state index is -3.43. The first-order valence-electron chi connectivity index (χ1n) is 14.6. The normalized spacial score (nSPS) is 36.4. The van der Waals surface area contributed by atoms with Gasteiger partial charge in [0.15, 0.2) is 9.84 Å². The van der Waals surface area contributed by atoms with Crippen molar-refractivity contribution in [3.05, 3.63) is 42.0 Å². The highest BCUT2D eigenvalue weighted by atomic mass is 32.2. The van der Waals surface area contributed by atoms with Gasteiger partial charge in [-0.05, 0) is 118 Å². The van der Waals surface area contributed by atoms with Gasteiger partial charge in [0, 0.05) is 6.61 Å². The van der Waals surface area contributed by atoms with E-state index in [9.17, 15) is 18.6 Å². The lowest BCUT2D eigenvalue weighted by Crippen LogP contribution is -2.46. The Balaban J connectivity index is 0.00000148. The summed E-state index contributed by atoms with van der Waals surface area (Å²) in [6, 6.07) is 8.77. The predicted molar refractivity (Wildman–Crippen MR) is 146 cm³/mol. The van der Waals surface area contributed by atoms with Crippen molar-refractivity contribution in [3.63, 3.8) is 0 Å².